The van der Waals surface area contributed by atoms with Crippen molar-refractivity contribution in [2.24, 2.45) is 0 Å². The Morgan fingerprint density at radius 1 is 1.45 bits per heavy atom. The summed E-state index contributed by atoms with van der Waals surface area (Å²) in [5.41, 5.74) is 0. The molecule has 3 heteroatoms. The minimum Gasteiger partial charge on any atom is -0.496 e. The lowest BCUT2D eigenvalue weighted by atomic mass is 10.3. The molecule has 0 radical (unpaired) electrons. The van der Waals surface area contributed by atoms with Crippen LogP contribution in [0.5, 0.6) is 5.75 Å². The van der Waals surface area contributed by atoms with Crippen LogP contribution in [0.15, 0.2) is 23.1 Å². The maximum absolute atomic E-state index is 12.6. The molecule has 0 aliphatic rings. The largest absolute Gasteiger partial charge is 0.496 e. The second kappa shape index (κ2) is 3.62. The zero-order valence-corrected chi connectivity index (χ0v) is 7.24. The van der Waals surface area contributed by atoms with Gasteiger partial charge in [0.1, 0.15) is 11.6 Å². The molecular formula is C8H9FOS. The van der Waals surface area contributed by atoms with Gasteiger partial charge in [0.25, 0.3) is 0 Å². The SMILES string of the molecule is COc1ccc(F)cc1SC. The van der Waals surface area contributed by atoms with E-state index in [0.29, 0.717) is 0 Å². The summed E-state index contributed by atoms with van der Waals surface area (Å²) in [5, 5.41) is 0. The van der Waals surface area contributed by atoms with Gasteiger partial charge in [-0.25, -0.2) is 4.39 Å². The molecule has 1 aromatic carbocycles. The first-order chi connectivity index (χ1) is 5.27. The summed E-state index contributed by atoms with van der Waals surface area (Å²) in [6.45, 7) is 0. The zero-order chi connectivity index (χ0) is 8.27. The van der Waals surface area contributed by atoms with Crippen molar-refractivity contribution < 1.29 is 9.13 Å². The molecule has 0 heterocycles. The lowest BCUT2D eigenvalue weighted by molar-refractivity contribution is 0.403. The Balaban J connectivity index is 3.06. The van der Waals surface area contributed by atoms with Gasteiger partial charge >= 0.3 is 0 Å². The van der Waals surface area contributed by atoms with Crippen molar-refractivity contribution in [1.29, 1.82) is 0 Å². The lowest BCUT2D eigenvalue weighted by Crippen LogP contribution is -1.86. The van der Waals surface area contributed by atoms with Crippen LogP contribution in [0.2, 0.25) is 0 Å². The summed E-state index contributed by atoms with van der Waals surface area (Å²) in [7, 11) is 1.58. The van der Waals surface area contributed by atoms with Crippen LogP contribution >= 0.6 is 11.8 Å². The third-order valence-corrected chi connectivity index (χ3v) is 2.10. The molecule has 0 bridgehead atoms. The Morgan fingerprint density at radius 3 is 2.73 bits per heavy atom. The fraction of sp³-hybridized carbons (Fsp3) is 0.250. The molecule has 1 aromatic rings. The quantitative estimate of drug-likeness (QED) is 0.634. The number of rotatable bonds is 2. The molecule has 0 N–H and O–H groups in total. The summed E-state index contributed by atoms with van der Waals surface area (Å²) in [5.74, 6) is 0.494. The first-order valence-corrected chi connectivity index (χ1v) is 4.38. The molecule has 0 amide bonds. The molecule has 60 valence electrons. The van der Waals surface area contributed by atoms with Crippen molar-refractivity contribution in [3.63, 3.8) is 0 Å². The summed E-state index contributed by atoms with van der Waals surface area (Å²) in [4.78, 5) is 0.826. The third-order valence-electron chi connectivity index (χ3n) is 1.35. The number of ether oxygens (including phenoxy) is 1. The van der Waals surface area contributed by atoms with Crippen LogP contribution in [0.3, 0.4) is 0 Å². The number of halogens is 1. The molecule has 1 rings (SSSR count). The Hall–Kier alpha value is -0.700. The van der Waals surface area contributed by atoms with Crippen molar-refractivity contribution >= 4 is 11.8 Å². The molecule has 0 aliphatic carbocycles. The molecule has 0 fully saturated rings. The van der Waals surface area contributed by atoms with Crippen LogP contribution in [0.4, 0.5) is 4.39 Å². The van der Waals surface area contributed by atoms with E-state index in [2.05, 4.69) is 0 Å². The number of thioether (sulfide) groups is 1. The van der Waals surface area contributed by atoms with Gasteiger partial charge in [0.15, 0.2) is 0 Å². The second-order valence-corrected chi connectivity index (χ2v) is 2.85. The van der Waals surface area contributed by atoms with Crippen LogP contribution < -0.4 is 4.74 Å². The molecule has 11 heavy (non-hydrogen) atoms. The van der Waals surface area contributed by atoms with Crippen molar-refractivity contribution in [3.05, 3.63) is 24.0 Å². The van der Waals surface area contributed by atoms with Crippen molar-refractivity contribution in [2.75, 3.05) is 13.4 Å². The molecule has 0 saturated carbocycles. The lowest BCUT2D eigenvalue weighted by Gasteiger charge is -2.04. The van der Waals surface area contributed by atoms with Crippen molar-refractivity contribution in [3.8, 4) is 5.75 Å². The Labute approximate surface area is 69.6 Å². The molecule has 0 unspecified atom stereocenters. The molecule has 0 spiro atoms. The fourth-order valence-electron chi connectivity index (χ4n) is 0.810. The number of benzene rings is 1. The Morgan fingerprint density at radius 2 is 2.18 bits per heavy atom. The highest BCUT2D eigenvalue weighted by atomic mass is 32.2. The van der Waals surface area contributed by atoms with E-state index < -0.39 is 0 Å². The predicted molar refractivity (Wildman–Crippen MR) is 44.7 cm³/mol. The van der Waals surface area contributed by atoms with E-state index in [1.165, 1.54) is 23.9 Å². The Bertz CT molecular complexity index is 250. The number of methoxy groups -OCH3 is 1. The summed E-state index contributed by atoms with van der Waals surface area (Å²) >= 11 is 1.47. The van der Waals surface area contributed by atoms with Crippen LogP contribution in [0.25, 0.3) is 0 Å². The highest BCUT2D eigenvalue weighted by Gasteiger charge is 2.01. The van der Waals surface area contributed by atoms with Gasteiger partial charge in [0, 0.05) is 0 Å². The molecule has 0 aromatic heterocycles. The molecule has 0 saturated heterocycles. The minimum atomic E-state index is -0.227. The predicted octanol–water partition coefficient (Wildman–Crippen LogP) is 2.56. The van der Waals surface area contributed by atoms with Gasteiger partial charge in [-0.1, -0.05) is 0 Å². The van der Waals surface area contributed by atoms with E-state index in [4.69, 9.17) is 4.74 Å². The number of hydrogen-bond acceptors (Lipinski definition) is 2. The highest BCUT2D eigenvalue weighted by molar-refractivity contribution is 7.98. The normalized spacial score (nSPS) is 9.73. The number of hydrogen-bond donors (Lipinski definition) is 0. The molecule has 0 aliphatic heterocycles. The van der Waals surface area contributed by atoms with E-state index in [9.17, 15) is 4.39 Å². The van der Waals surface area contributed by atoms with Crippen LogP contribution in [-0.4, -0.2) is 13.4 Å². The molecular weight excluding hydrogens is 163 g/mol. The van der Waals surface area contributed by atoms with E-state index in [-0.39, 0.29) is 5.82 Å². The van der Waals surface area contributed by atoms with E-state index in [1.54, 1.807) is 13.2 Å². The zero-order valence-electron chi connectivity index (χ0n) is 6.43. The van der Waals surface area contributed by atoms with Crippen molar-refractivity contribution in [1.82, 2.24) is 0 Å². The van der Waals surface area contributed by atoms with Gasteiger partial charge in [0.2, 0.25) is 0 Å². The van der Waals surface area contributed by atoms with Gasteiger partial charge in [-0.2, -0.15) is 0 Å². The maximum atomic E-state index is 12.6. The topological polar surface area (TPSA) is 9.23 Å². The third kappa shape index (κ3) is 1.87. The smallest absolute Gasteiger partial charge is 0.132 e. The highest BCUT2D eigenvalue weighted by Crippen LogP contribution is 2.27. The van der Waals surface area contributed by atoms with E-state index in [0.717, 1.165) is 10.6 Å². The monoisotopic (exact) mass is 172 g/mol. The molecule has 1 nitrogen and oxygen atoms in total. The standard InChI is InChI=1S/C8H9FOS/c1-10-7-4-3-6(9)5-8(7)11-2/h3-5H,1-2H3. The Kier molecular flexibility index (Phi) is 2.76. The average molecular weight is 172 g/mol. The van der Waals surface area contributed by atoms with Crippen LogP contribution in [-0.2, 0) is 0 Å². The van der Waals surface area contributed by atoms with Gasteiger partial charge in [-0.15, -0.1) is 11.8 Å². The van der Waals surface area contributed by atoms with Crippen LogP contribution in [0.1, 0.15) is 0 Å². The first kappa shape index (κ1) is 8.40. The summed E-state index contributed by atoms with van der Waals surface area (Å²) < 4.78 is 17.6. The summed E-state index contributed by atoms with van der Waals surface area (Å²) in [6, 6.07) is 4.48. The average Bonchev–Trinajstić information content (AvgIpc) is 2.04. The second-order valence-electron chi connectivity index (χ2n) is 2.00. The van der Waals surface area contributed by atoms with Gasteiger partial charge in [-0.05, 0) is 24.5 Å². The van der Waals surface area contributed by atoms with E-state index >= 15 is 0 Å². The van der Waals surface area contributed by atoms with Crippen LogP contribution in [0, 0.1) is 5.82 Å². The van der Waals surface area contributed by atoms with Gasteiger partial charge in [0.05, 0.1) is 12.0 Å². The first-order valence-electron chi connectivity index (χ1n) is 3.15. The summed E-state index contributed by atoms with van der Waals surface area (Å²) in [6.07, 6.45) is 1.89. The maximum Gasteiger partial charge on any atom is 0.132 e. The van der Waals surface area contributed by atoms with Gasteiger partial charge < -0.3 is 4.74 Å². The minimum absolute atomic E-state index is 0.227. The van der Waals surface area contributed by atoms with Crippen molar-refractivity contribution in [2.45, 2.75) is 4.90 Å². The fourth-order valence-corrected chi connectivity index (χ4v) is 1.39. The van der Waals surface area contributed by atoms with E-state index in [1.807, 2.05) is 6.26 Å². The van der Waals surface area contributed by atoms with Gasteiger partial charge in [-0.3, -0.25) is 0 Å². The molecule has 0 atom stereocenters.